The predicted octanol–water partition coefficient (Wildman–Crippen LogP) is 2.88. The molecule has 2 heterocycles. The van der Waals surface area contributed by atoms with Gasteiger partial charge in [0, 0.05) is 6.08 Å². The van der Waals surface area contributed by atoms with Crippen molar-refractivity contribution < 1.29 is 19.1 Å². The lowest BCUT2D eigenvalue weighted by molar-refractivity contribution is -0.156. The summed E-state index contributed by atoms with van der Waals surface area (Å²) in [5.74, 6) is -1.59. The minimum Gasteiger partial charge on any atom is -0.436 e. The molecule has 2 aliphatic rings. The first-order valence-electron chi connectivity index (χ1n) is 8.61. The molecule has 2 aromatic carbocycles. The predicted molar refractivity (Wildman–Crippen MR) is 99.0 cm³/mol. The zero-order valence-electron chi connectivity index (χ0n) is 14.7. The maximum atomic E-state index is 13.2. The van der Waals surface area contributed by atoms with Crippen molar-refractivity contribution in [2.75, 3.05) is 0 Å². The summed E-state index contributed by atoms with van der Waals surface area (Å²) in [6, 6.07) is 18.4. The molecule has 0 aromatic heterocycles. The molecule has 2 aliphatic heterocycles. The molecule has 4 rings (SSSR count). The second-order valence-corrected chi connectivity index (χ2v) is 6.58. The Bertz CT molecular complexity index is 991. The van der Waals surface area contributed by atoms with Crippen molar-refractivity contribution in [3.8, 4) is 0 Å². The molecule has 27 heavy (non-hydrogen) atoms. The number of likely N-dealkylation sites (tertiary alicyclic amines) is 1. The van der Waals surface area contributed by atoms with Gasteiger partial charge in [0.1, 0.15) is 0 Å². The summed E-state index contributed by atoms with van der Waals surface area (Å²) in [4.78, 5) is 39.5. The van der Waals surface area contributed by atoms with E-state index < -0.39 is 23.4 Å². The highest BCUT2D eigenvalue weighted by Crippen LogP contribution is 2.43. The monoisotopic (exact) mass is 359 g/mol. The topological polar surface area (TPSA) is 63.7 Å². The number of benzene rings is 2. The molecule has 5 heteroatoms. The van der Waals surface area contributed by atoms with Crippen molar-refractivity contribution in [1.29, 1.82) is 0 Å². The van der Waals surface area contributed by atoms with Crippen molar-refractivity contribution in [2.24, 2.45) is 0 Å². The summed E-state index contributed by atoms with van der Waals surface area (Å²) in [6.45, 7) is 1.76. The van der Waals surface area contributed by atoms with E-state index in [-0.39, 0.29) is 12.1 Å². The van der Waals surface area contributed by atoms with Gasteiger partial charge < -0.3 is 4.74 Å². The number of hydrogen-bond donors (Lipinski definition) is 0. The third-order valence-corrected chi connectivity index (χ3v) is 4.84. The van der Waals surface area contributed by atoms with Gasteiger partial charge in [-0.05, 0) is 29.7 Å². The standard InChI is InChI=1S/C22H17NO4/c1-15-12-19(24)27-22(15)18(13-16-8-4-2-5-9-16)20(25)23(21(22)26)14-17-10-6-3-7-11-17/h2-13H,14H2,1H3/b18-13+. The first kappa shape index (κ1) is 17.0. The third kappa shape index (κ3) is 2.68. The number of carbonyl (C=O) groups is 3. The zero-order chi connectivity index (χ0) is 19.0. The Morgan fingerprint density at radius 2 is 1.59 bits per heavy atom. The lowest BCUT2D eigenvalue weighted by Crippen LogP contribution is -2.42. The summed E-state index contributed by atoms with van der Waals surface area (Å²) in [5, 5.41) is 0. The average Bonchev–Trinajstić information content (AvgIpc) is 3.08. The normalized spacial score (nSPS) is 23.3. The van der Waals surface area contributed by atoms with Gasteiger partial charge in [0.05, 0.1) is 12.1 Å². The molecule has 5 nitrogen and oxygen atoms in total. The van der Waals surface area contributed by atoms with Crippen LogP contribution < -0.4 is 0 Å². The van der Waals surface area contributed by atoms with E-state index in [1.807, 2.05) is 60.7 Å². The third-order valence-electron chi connectivity index (χ3n) is 4.84. The Balaban J connectivity index is 1.82. The first-order chi connectivity index (χ1) is 13.0. The molecule has 0 N–H and O–H groups in total. The molecule has 1 spiro atoms. The van der Waals surface area contributed by atoms with Crippen LogP contribution >= 0.6 is 0 Å². The van der Waals surface area contributed by atoms with Gasteiger partial charge in [-0.3, -0.25) is 14.5 Å². The smallest absolute Gasteiger partial charge is 0.332 e. The fraction of sp³-hybridized carbons (Fsp3) is 0.136. The van der Waals surface area contributed by atoms with Crippen LogP contribution in [0.4, 0.5) is 0 Å². The molecule has 2 amide bonds. The second-order valence-electron chi connectivity index (χ2n) is 6.58. The Kier molecular flexibility index (Phi) is 4.00. The van der Waals surface area contributed by atoms with Crippen LogP contribution in [0.2, 0.25) is 0 Å². The molecule has 1 atom stereocenters. The van der Waals surface area contributed by atoms with E-state index in [1.54, 1.807) is 13.0 Å². The SMILES string of the molecule is CC1=CC(=O)OC12C(=O)N(Cc1ccccc1)C(=O)/C2=C\c1ccccc1. The van der Waals surface area contributed by atoms with Crippen molar-refractivity contribution in [2.45, 2.75) is 19.1 Å². The second kappa shape index (κ2) is 6.36. The van der Waals surface area contributed by atoms with Crippen LogP contribution in [0.1, 0.15) is 18.1 Å². The van der Waals surface area contributed by atoms with Gasteiger partial charge in [-0.2, -0.15) is 0 Å². The average molecular weight is 359 g/mol. The molecule has 0 saturated carbocycles. The number of rotatable bonds is 3. The molecule has 0 aliphatic carbocycles. The quantitative estimate of drug-likeness (QED) is 0.480. The van der Waals surface area contributed by atoms with Gasteiger partial charge in [-0.25, -0.2) is 4.79 Å². The minimum atomic E-state index is -1.67. The molecule has 0 bridgehead atoms. The van der Waals surface area contributed by atoms with E-state index in [4.69, 9.17) is 4.74 Å². The van der Waals surface area contributed by atoms with Gasteiger partial charge in [0.15, 0.2) is 0 Å². The number of amides is 2. The number of nitrogens with zero attached hydrogens (tertiary/aromatic N) is 1. The van der Waals surface area contributed by atoms with Crippen molar-refractivity contribution in [3.05, 3.63) is 89.0 Å². The van der Waals surface area contributed by atoms with Gasteiger partial charge in [0.25, 0.3) is 11.8 Å². The molecule has 1 fully saturated rings. The summed E-state index contributed by atoms with van der Waals surface area (Å²) in [6.07, 6.45) is 2.90. The molecule has 134 valence electrons. The summed E-state index contributed by atoms with van der Waals surface area (Å²) < 4.78 is 5.45. The molecule has 1 unspecified atom stereocenters. The summed E-state index contributed by atoms with van der Waals surface area (Å²) >= 11 is 0. The largest absolute Gasteiger partial charge is 0.436 e. The van der Waals surface area contributed by atoms with Crippen LogP contribution in [0, 0.1) is 0 Å². The van der Waals surface area contributed by atoms with E-state index in [0.29, 0.717) is 5.57 Å². The molecule has 2 aromatic rings. The van der Waals surface area contributed by atoms with E-state index in [1.165, 1.54) is 6.08 Å². The highest BCUT2D eigenvalue weighted by molar-refractivity contribution is 6.24. The number of carbonyl (C=O) groups excluding carboxylic acids is 3. The van der Waals surface area contributed by atoms with Gasteiger partial charge >= 0.3 is 5.97 Å². The highest BCUT2D eigenvalue weighted by atomic mass is 16.6. The Morgan fingerprint density at radius 1 is 0.963 bits per heavy atom. The van der Waals surface area contributed by atoms with Crippen molar-refractivity contribution in [3.63, 3.8) is 0 Å². The van der Waals surface area contributed by atoms with Gasteiger partial charge in [0.2, 0.25) is 5.60 Å². The van der Waals surface area contributed by atoms with Crippen LogP contribution in [0.5, 0.6) is 0 Å². The molecular weight excluding hydrogens is 342 g/mol. The number of esters is 1. The Labute approximate surface area is 156 Å². The fourth-order valence-corrected chi connectivity index (χ4v) is 3.50. The number of ether oxygens (including phenoxy) is 1. The van der Waals surface area contributed by atoms with Crippen LogP contribution in [0.3, 0.4) is 0 Å². The lowest BCUT2D eigenvalue weighted by Gasteiger charge is -2.23. The number of hydrogen-bond acceptors (Lipinski definition) is 4. The van der Waals surface area contributed by atoms with Crippen LogP contribution in [-0.4, -0.2) is 28.3 Å². The highest BCUT2D eigenvalue weighted by Gasteiger charge is 2.62. The summed E-state index contributed by atoms with van der Waals surface area (Å²) in [7, 11) is 0. The van der Waals surface area contributed by atoms with E-state index in [2.05, 4.69) is 0 Å². The molecule has 0 radical (unpaired) electrons. The maximum absolute atomic E-state index is 13.2. The molecule has 1 saturated heterocycles. The fourth-order valence-electron chi connectivity index (χ4n) is 3.50. The minimum absolute atomic E-state index is 0.122. The van der Waals surface area contributed by atoms with Crippen molar-refractivity contribution in [1.82, 2.24) is 4.90 Å². The van der Waals surface area contributed by atoms with E-state index >= 15 is 0 Å². The van der Waals surface area contributed by atoms with E-state index in [0.717, 1.165) is 16.0 Å². The Hall–Kier alpha value is -3.47. The zero-order valence-corrected chi connectivity index (χ0v) is 14.7. The van der Waals surface area contributed by atoms with Crippen molar-refractivity contribution >= 4 is 23.9 Å². The number of imide groups is 1. The lowest BCUT2D eigenvalue weighted by atomic mass is 9.88. The summed E-state index contributed by atoms with van der Waals surface area (Å²) in [5.41, 5.74) is 0.489. The van der Waals surface area contributed by atoms with Gasteiger partial charge in [-0.1, -0.05) is 60.7 Å². The van der Waals surface area contributed by atoms with Crippen LogP contribution in [0.25, 0.3) is 6.08 Å². The van der Waals surface area contributed by atoms with E-state index in [9.17, 15) is 14.4 Å². The maximum Gasteiger partial charge on any atom is 0.332 e. The van der Waals surface area contributed by atoms with Crippen LogP contribution in [-0.2, 0) is 25.7 Å². The molecular formula is C22H17NO4. The van der Waals surface area contributed by atoms with Crippen LogP contribution in [0.15, 0.2) is 77.9 Å². The Morgan fingerprint density at radius 3 is 2.19 bits per heavy atom. The first-order valence-corrected chi connectivity index (χ1v) is 8.61. The van der Waals surface area contributed by atoms with Gasteiger partial charge in [-0.15, -0.1) is 0 Å².